The second-order valence-corrected chi connectivity index (χ2v) is 4.38. The minimum absolute atomic E-state index is 0.292. The number of rotatable bonds is 1. The third-order valence-electron chi connectivity index (χ3n) is 2.81. The fraction of sp³-hybridized carbons (Fsp3) is 0.700. The lowest BCUT2D eigenvalue weighted by atomic mass is 9.93. The van der Waals surface area contributed by atoms with Crippen LogP contribution >= 0.6 is 0 Å². The molecule has 2 unspecified atom stereocenters. The van der Waals surface area contributed by atoms with E-state index in [-0.39, 0.29) is 0 Å². The maximum absolute atomic E-state index is 5.98. The Hall–Kier alpha value is -0.870. The number of piperidine rings is 1. The molecule has 2 atom stereocenters. The first-order chi connectivity index (χ1) is 6.65. The van der Waals surface area contributed by atoms with Gasteiger partial charge in [-0.05, 0) is 13.5 Å². The predicted molar refractivity (Wildman–Crippen MR) is 56.0 cm³/mol. The molecular formula is C10H18N4. The first kappa shape index (κ1) is 9.68. The highest BCUT2D eigenvalue weighted by molar-refractivity contribution is 5.08. The van der Waals surface area contributed by atoms with Crippen LogP contribution in [0.5, 0.6) is 0 Å². The number of hydrogen-bond donors (Lipinski definition) is 1. The van der Waals surface area contributed by atoms with Crippen LogP contribution in [0.2, 0.25) is 0 Å². The molecule has 0 spiro atoms. The first-order valence-corrected chi connectivity index (χ1v) is 5.07. The first-order valence-electron chi connectivity index (χ1n) is 5.07. The molecule has 0 aliphatic carbocycles. The zero-order chi connectivity index (χ0) is 10.1. The van der Waals surface area contributed by atoms with E-state index in [1.165, 1.54) is 5.69 Å². The van der Waals surface area contributed by atoms with E-state index in [1.54, 1.807) is 0 Å². The van der Waals surface area contributed by atoms with Gasteiger partial charge in [0.2, 0.25) is 0 Å². The van der Waals surface area contributed by atoms with Crippen LogP contribution in [0.3, 0.4) is 0 Å². The van der Waals surface area contributed by atoms with Crippen molar-refractivity contribution in [1.29, 1.82) is 0 Å². The minimum atomic E-state index is 0.292. The highest BCUT2D eigenvalue weighted by Crippen LogP contribution is 2.23. The normalized spacial score (nSPS) is 29.4. The van der Waals surface area contributed by atoms with Crippen LogP contribution in [0.15, 0.2) is 12.5 Å². The molecule has 0 aromatic carbocycles. The SMILES string of the molecule is CN1CC(N)CC(c2cn(C)cn2)C1. The van der Waals surface area contributed by atoms with Crippen molar-refractivity contribution in [3.05, 3.63) is 18.2 Å². The summed E-state index contributed by atoms with van der Waals surface area (Å²) in [6.07, 6.45) is 5.01. The molecule has 4 heteroatoms. The molecule has 1 aromatic rings. The average Bonchev–Trinajstić information content (AvgIpc) is 2.50. The number of aromatic nitrogens is 2. The molecule has 1 aromatic heterocycles. The van der Waals surface area contributed by atoms with Crippen LogP contribution in [-0.4, -0.2) is 40.6 Å². The zero-order valence-electron chi connectivity index (χ0n) is 8.85. The zero-order valence-corrected chi connectivity index (χ0v) is 8.85. The highest BCUT2D eigenvalue weighted by atomic mass is 15.1. The summed E-state index contributed by atoms with van der Waals surface area (Å²) in [5.41, 5.74) is 7.16. The van der Waals surface area contributed by atoms with Crippen molar-refractivity contribution < 1.29 is 0 Å². The molecule has 1 aliphatic heterocycles. The van der Waals surface area contributed by atoms with E-state index in [0.29, 0.717) is 12.0 Å². The topological polar surface area (TPSA) is 47.1 Å². The van der Waals surface area contributed by atoms with E-state index in [1.807, 2.05) is 17.9 Å². The quantitative estimate of drug-likeness (QED) is 0.693. The molecule has 78 valence electrons. The molecule has 0 radical (unpaired) electrons. The Kier molecular flexibility index (Phi) is 2.56. The number of nitrogens with zero attached hydrogens (tertiary/aromatic N) is 3. The molecule has 1 saturated heterocycles. The van der Waals surface area contributed by atoms with E-state index in [2.05, 4.69) is 23.1 Å². The monoisotopic (exact) mass is 194 g/mol. The smallest absolute Gasteiger partial charge is 0.0946 e. The van der Waals surface area contributed by atoms with Crippen molar-refractivity contribution in [3.63, 3.8) is 0 Å². The van der Waals surface area contributed by atoms with Crippen LogP contribution in [0.4, 0.5) is 0 Å². The molecule has 0 saturated carbocycles. The van der Waals surface area contributed by atoms with E-state index >= 15 is 0 Å². The predicted octanol–water partition coefficient (Wildman–Crippen LogP) is 0.166. The molecule has 2 rings (SSSR count). The van der Waals surface area contributed by atoms with Gasteiger partial charge in [0.25, 0.3) is 0 Å². The molecule has 0 amide bonds. The summed E-state index contributed by atoms with van der Waals surface area (Å²) in [6.45, 7) is 2.08. The molecule has 1 fully saturated rings. The van der Waals surface area contributed by atoms with Crippen molar-refractivity contribution >= 4 is 0 Å². The third-order valence-corrected chi connectivity index (χ3v) is 2.81. The van der Waals surface area contributed by atoms with Gasteiger partial charge in [-0.15, -0.1) is 0 Å². The van der Waals surface area contributed by atoms with E-state index in [4.69, 9.17) is 5.73 Å². The maximum atomic E-state index is 5.98. The van der Waals surface area contributed by atoms with E-state index in [0.717, 1.165) is 19.5 Å². The van der Waals surface area contributed by atoms with Gasteiger partial charge in [0.1, 0.15) is 0 Å². The lowest BCUT2D eigenvalue weighted by Crippen LogP contribution is -2.44. The second-order valence-electron chi connectivity index (χ2n) is 4.38. The summed E-state index contributed by atoms with van der Waals surface area (Å²) in [6, 6.07) is 0.292. The highest BCUT2D eigenvalue weighted by Gasteiger charge is 2.25. The molecule has 2 N–H and O–H groups in total. The fourth-order valence-corrected chi connectivity index (χ4v) is 2.22. The lowest BCUT2D eigenvalue weighted by Gasteiger charge is -2.32. The van der Waals surface area contributed by atoms with Gasteiger partial charge in [0.05, 0.1) is 12.0 Å². The number of likely N-dealkylation sites (tertiary alicyclic amines) is 1. The van der Waals surface area contributed by atoms with Gasteiger partial charge >= 0.3 is 0 Å². The largest absolute Gasteiger partial charge is 0.340 e. The molecule has 1 aliphatic rings. The summed E-state index contributed by atoms with van der Waals surface area (Å²) in [5, 5.41) is 0. The van der Waals surface area contributed by atoms with E-state index in [9.17, 15) is 0 Å². The average molecular weight is 194 g/mol. The lowest BCUT2D eigenvalue weighted by molar-refractivity contribution is 0.225. The standard InChI is InChI=1S/C10H18N4/c1-13-4-8(3-9(11)5-13)10-6-14(2)7-12-10/h6-9H,3-5,11H2,1-2H3. The number of nitrogens with two attached hydrogens (primary N) is 1. The summed E-state index contributed by atoms with van der Waals surface area (Å²) >= 11 is 0. The number of imidazole rings is 1. The Morgan fingerprint density at radius 1 is 1.43 bits per heavy atom. The van der Waals surface area contributed by atoms with Crippen molar-refractivity contribution in [2.75, 3.05) is 20.1 Å². The summed E-state index contributed by atoms with van der Waals surface area (Å²) in [4.78, 5) is 6.67. The molecule has 14 heavy (non-hydrogen) atoms. The Morgan fingerprint density at radius 3 is 2.79 bits per heavy atom. The Labute approximate surface area is 84.7 Å². The van der Waals surface area contributed by atoms with E-state index < -0.39 is 0 Å². The van der Waals surface area contributed by atoms with Crippen molar-refractivity contribution in [3.8, 4) is 0 Å². The molecular weight excluding hydrogens is 176 g/mol. The van der Waals surface area contributed by atoms with Crippen LogP contribution in [0.25, 0.3) is 0 Å². The van der Waals surface area contributed by atoms with Crippen LogP contribution in [-0.2, 0) is 7.05 Å². The summed E-state index contributed by atoms with van der Waals surface area (Å²) < 4.78 is 2.00. The van der Waals surface area contributed by atoms with Crippen LogP contribution < -0.4 is 5.73 Å². The van der Waals surface area contributed by atoms with Gasteiger partial charge in [-0.25, -0.2) is 4.98 Å². The Bertz CT molecular complexity index is 297. The van der Waals surface area contributed by atoms with Gasteiger partial charge in [0, 0.05) is 38.3 Å². The Morgan fingerprint density at radius 2 is 2.21 bits per heavy atom. The number of hydrogen-bond acceptors (Lipinski definition) is 3. The second kappa shape index (κ2) is 3.71. The fourth-order valence-electron chi connectivity index (χ4n) is 2.22. The van der Waals surface area contributed by atoms with Crippen molar-refractivity contribution in [2.24, 2.45) is 12.8 Å². The van der Waals surface area contributed by atoms with Gasteiger partial charge in [0.15, 0.2) is 0 Å². The van der Waals surface area contributed by atoms with Crippen molar-refractivity contribution in [1.82, 2.24) is 14.5 Å². The number of aryl methyl sites for hydroxylation is 1. The van der Waals surface area contributed by atoms with Crippen LogP contribution in [0, 0.1) is 0 Å². The van der Waals surface area contributed by atoms with Gasteiger partial charge in [-0.1, -0.05) is 0 Å². The third kappa shape index (κ3) is 1.96. The molecule has 0 bridgehead atoms. The van der Waals surface area contributed by atoms with Gasteiger partial charge < -0.3 is 15.2 Å². The van der Waals surface area contributed by atoms with Gasteiger partial charge in [-0.3, -0.25) is 0 Å². The molecule has 2 heterocycles. The molecule has 4 nitrogen and oxygen atoms in total. The van der Waals surface area contributed by atoms with Crippen LogP contribution in [0.1, 0.15) is 18.0 Å². The number of likely N-dealkylation sites (N-methyl/N-ethyl adjacent to an activating group) is 1. The minimum Gasteiger partial charge on any atom is -0.340 e. The summed E-state index contributed by atoms with van der Waals surface area (Å²) in [7, 11) is 4.12. The van der Waals surface area contributed by atoms with Crippen molar-refractivity contribution in [2.45, 2.75) is 18.4 Å². The van der Waals surface area contributed by atoms with Gasteiger partial charge in [-0.2, -0.15) is 0 Å². The Balaban J connectivity index is 2.10. The maximum Gasteiger partial charge on any atom is 0.0946 e. The summed E-state index contributed by atoms with van der Waals surface area (Å²) in [5.74, 6) is 0.505.